The van der Waals surface area contributed by atoms with E-state index in [1.165, 1.54) is 11.8 Å². The first-order valence-electron chi connectivity index (χ1n) is 4.71. The Hall–Kier alpha value is -0.580. The molecule has 2 nitrogen and oxygen atoms in total. The van der Waals surface area contributed by atoms with Crippen molar-refractivity contribution in [3.8, 4) is 0 Å². The Balaban J connectivity index is 2.50. The monoisotopic (exact) mass is 274 g/mol. The fraction of sp³-hybridized carbons (Fsp3) is 0.273. The number of hydrogen-bond acceptors (Lipinski definition) is 4. The van der Waals surface area contributed by atoms with Crippen LogP contribution >= 0.6 is 35.6 Å². The van der Waals surface area contributed by atoms with Crippen molar-refractivity contribution < 1.29 is 9.53 Å². The summed E-state index contributed by atoms with van der Waals surface area (Å²) in [5, 5.41) is 0.559. The number of benzene rings is 1. The zero-order valence-corrected chi connectivity index (χ0v) is 11.1. The van der Waals surface area contributed by atoms with Crippen molar-refractivity contribution in [3.05, 3.63) is 34.9 Å². The average molecular weight is 275 g/mol. The van der Waals surface area contributed by atoms with E-state index in [4.69, 9.17) is 28.6 Å². The summed E-state index contributed by atoms with van der Waals surface area (Å²) in [5.74, 6) is 0.272. The lowest BCUT2D eigenvalue weighted by Gasteiger charge is -2.03. The van der Waals surface area contributed by atoms with Crippen molar-refractivity contribution in [2.45, 2.75) is 6.92 Å². The Kier molecular flexibility index (Phi) is 5.80. The Morgan fingerprint density at radius 1 is 1.56 bits per heavy atom. The maximum absolute atomic E-state index is 11.7. The molecule has 5 heteroatoms. The summed E-state index contributed by atoms with van der Waals surface area (Å²) in [4.78, 5) is 11.7. The lowest BCUT2D eigenvalue weighted by Crippen LogP contribution is -2.06. The molecule has 0 bridgehead atoms. The van der Waals surface area contributed by atoms with E-state index in [-0.39, 0.29) is 11.5 Å². The van der Waals surface area contributed by atoms with Crippen molar-refractivity contribution in [1.82, 2.24) is 0 Å². The van der Waals surface area contributed by atoms with Gasteiger partial charge in [-0.05, 0) is 31.3 Å². The van der Waals surface area contributed by atoms with Crippen LogP contribution in [0.3, 0.4) is 0 Å². The van der Waals surface area contributed by atoms with Crippen LogP contribution < -0.4 is 0 Å². The first-order valence-corrected chi connectivity index (χ1v) is 6.49. The molecule has 86 valence electrons. The predicted molar refractivity (Wildman–Crippen MR) is 72.5 cm³/mol. The molecule has 0 fully saturated rings. The molecular formula is C11H11ClO2S2. The highest BCUT2D eigenvalue weighted by molar-refractivity contribution is 8.23. The van der Waals surface area contributed by atoms with Gasteiger partial charge in [-0.15, -0.1) is 0 Å². The molecule has 0 spiro atoms. The first-order chi connectivity index (χ1) is 7.63. The number of thiocarbonyl (C=S) groups is 1. The molecule has 0 radical (unpaired) electrons. The second-order valence-corrected chi connectivity index (χ2v) is 4.92. The quantitative estimate of drug-likeness (QED) is 0.619. The fourth-order valence-corrected chi connectivity index (χ4v) is 2.13. The van der Waals surface area contributed by atoms with Crippen LogP contribution in [0, 0.1) is 0 Å². The van der Waals surface area contributed by atoms with Crippen molar-refractivity contribution in [2.24, 2.45) is 0 Å². The normalized spacial score (nSPS) is 9.88. The predicted octanol–water partition coefficient (Wildman–Crippen LogP) is 3.58. The maximum Gasteiger partial charge on any atom is 0.220 e. The number of thioether (sulfide) groups is 1. The molecule has 1 aromatic carbocycles. The topological polar surface area (TPSA) is 26.3 Å². The van der Waals surface area contributed by atoms with E-state index < -0.39 is 0 Å². The van der Waals surface area contributed by atoms with Gasteiger partial charge < -0.3 is 4.74 Å². The van der Waals surface area contributed by atoms with Crippen molar-refractivity contribution in [1.29, 1.82) is 0 Å². The van der Waals surface area contributed by atoms with E-state index in [2.05, 4.69) is 0 Å². The SMILES string of the molecule is CCOC(=S)SCC(=O)c1cccc(Cl)c1. The minimum Gasteiger partial charge on any atom is -0.479 e. The Morgan fingerprint density at radius 2 is 2.31 bits per heavy atom. The highest BCUT2D eigenvalue weighted by atomic mass is 35.5. The summed E-state index contributed by atoms with van der Waals surface area (Å²) in [6.45, 7) is 2.38. The Morgan fingerprint density at radius 3 is 2.94 bits per heavy atom. The highest BCUT2D eigenvalue weighted by Gasteiger charge is 2.08. The van der Waals surface area contributed by atoms with E-state index >= 15 is 0 Å². The van der Waals surface area contributed by atoms with Gasteiger partial charge in [-0.3, -0.25) is 4.79 Å². The summed E-state index contributed by atoms with van der Waals surface area (Å²) in [5.41, 5.74) is 0.597. The molecule has 0 atom stereocenters. The van der Waals surface area contributed by atoms with E-state index in [0.29, 0.717) is 21.6 Å². The van der Waals surface area contributed by atoms with E-state index in [9.17, 15) is 4.79 Å². The first kappa shape index (κ1) is 13.5. The van der Waals surface area contributed by atoms with Crippen LogP contribution in [0.1, 0.15) is 17.3 Å². The third-order valence-electron chi connectivity index (χ3n) is 1.73. The van der Waals surface area contributed by atoms with Gasteiger partial charge in [0.05, 0.1) is 12.4 Å². The number of Topliss-reactive ketones (excluding diaryl/α,β-unsaturated/α-hetero) is 1. The summed E-state index contributed by atoms with van der Waals surface area (Å²) in [7, 11) is 0. The number of carbonyl (C=O) groups excluding carboxylic acids is 1. The van der Waals surface area contributed by atoms with Crippen LogP contribution in [0.2, 0.25) is 5.02 Å². The summed E-state index contributed by atoms with van der Waals surface area (Å²) in [6, 6.07) is 6.87. The number of ketones is 1. The van der Waals surface area contributed by atoms with Gasteiger partial charge in [-0.25, -0.2) is 0 Å². The van der Waals surface area contributed by atoms with Crippen molar-refractivity contribution >= 4 is 45.7 Å². The van der Waals surface area contributed by atoms with Gasteiger partial charge in [0, 0.05) is 10.6 Å². The molecule has 0 N–H and O–H groups in total. The number of carbonyl (C=O) groups is 1. The fourth-order valence-electron chi connectivity index (χ4n) is 1.03. The lowest BCUT2D eigenvalue weighted by molar-refractivity contribution is 0.102. The van der Waals surface area contributed by atoms with Gasteiger partial charge >= 0.3 is 0 Å². The van der Waals surface area contributed by atoms with Gasteiger partial charge in [0.15, 0.2) is 5.78 Å². The zero-order chi connectivity index (χ0) is 12.0. The van der Waals surface area contributed by atoms with Crippen LogP contribution in [0.5, 0.6) is 0 Å². The molecule has 0 aliphatic heterocycles. The molecule has 1 rings (SSSR count). The molecule has 0 aliphatic rings. The second kappa shape index (κ2) is 6.89. The van der Waals surface area contributed by atoms with Gasteiger partial charge in [0.2, 0.25) is 4.38 Å². The van der Waals surface area contributed by atoms with E-state index in [0.717, 1.165) is 0 Å². The zero-order valence-electron chi connectivity index (χ0n) is 8.73. The third-order valence-corrected chi connectivity index (χ3v) is 3.20. The molecule has 1 aromatic rings. The third kappa shape index (κ3) is 4.51. The maximum atomic E-state index is 11.7. The largest absolute Gasteiger partial charge is 0.479 e. The van der Waals surface area contributed by atoms with E-state index in [1.54, 1.807) is 24.3 Å². The van der Waals surface area contributed by atoms with Crippen LogP contribution in [-0.2, 0) is 4.74 Å². The smallest absolute Gasteiger partial charge is 0.220 e. The van der Waals surface area contributed by atoms with Crippen molar-refractivity contribution in [3.63, 3.8) is 0 Å². The van der Waals surface area contributed by atoms with Gasteiger partial charge in [-0.2, -0.15) is 0 Å². The van der Waals surface area contributed by atoms with Crippen LogP contribution in [0.15, 0.2) is 24.3 Å². The standard InChI is InChI=1S/C11H11ClO2S2/c1-2-14-11(15)16-7-10(13)8-4-3-5-9(12)6-8/h3-6H,2,7H2,1H3. The molecule has 0 aliphatic carbocycles. The van der Waals surface area contributed by atoms with Crippen LogP contribution in [-0.4, -0.2) is 22.5 Å². The second-order valence-electron chi connectivity index (χ2n) is 2.91. The summed E-state index contributed by atoms with van der Waals surface area (Å²) in [6.07, 6.45) is 0. The van der Waals surface area contributed by atoms with Gasteiger partial charge in [-0.1, -0.05) is 35.5 Å². The Labute approximate surface area is 109 Å². The number of halogens is 1. The molecule has 16 heavy (non-hydrogen) atoms. The molecule has 0 saturated carbocycles. The molecule has 0 saturated heterocycles. The van der Waals surface area contributed by atoms with Gasteiger partial charge in [0.1, 0.15) is 0 Å². The van der Waals surface area contributed by atoms with Crippen LogP contribution in [0.4, 0.5) is 0 Å². The molecule has 0 unspecified atom stereocenters. The number of rotatable bonds is 4. The summed E-state index contributed by atoms with van der Waals surface area (Å²) >= 11 is 11.9. The lowest BCUT2D eigenvalue weighted by atomic mass is 10.1. The van der Waals surface area contributed by atoms with E-state index in [1.807, 2.05) is 6.92 Å². The van der Waals surface area contributed by atoms with Crippen LogP contribution in [0.25, 0.3) is 0 Å². The summed E-state index contributed by atoms with van der Waals surface area (Å²) < 4.78 is 5.47. The highest BCUT2D eigenvalue weighted by Crippen LogP contribution is 2.14. The van der Waals surface area contributed by atoms with Gasteiger partial charge in [0.25, 0.3) is 0 Å². The molecule has 0 amide bonds. The van der Waals surface area contributed by atoms with Crippen molar-refractivity contribution in [2.75, 3.05) is 12.4 Å². The number of ether oxygens (including phenoxy) is 1. The Bertz CT molecular complexity index is 393. The molecule has 0 heterocycles. The average Bonchev–Trinajstić information content (AvgIpc) is 2.26. The minimum atomic E-state index is -0.00504. The molecular weight excluding hydrogens is 264 g/mol. The number of hydrogen-bond donors (Lipinski definition) is 0. The molecule has 0 aromatic heterocycles. The minimum absolute atomic E-state index is 0.00504.